The van der Waals surface area contributed by atoms with E-state index in [0.29, 0.717) is 19.6 Å². The fourth-order valence-corrected chi connectivity index (χ4v) is 1.67. The lowest BCUT2D eigenvalue weighted by molar-refractivity contribution is -0.139. The molecule has 3 nitrogen and oxygen atoms in total. The molecule has 0 spiro atoms. The van der Waals surface area contributed by atoms with Crippen molar-refractivity contribution in [1.82, 2.24) is 0 Å². The van der Waals surface area contributed by atoms with Crippen LogP contribution in [0.2, 0.25) is 0 Å². The minimum absolute atomic E-state index is 0.123. The number of para-hydroxylation sites is 1. The van der Waals surface area contributed by atoms with E-state index >= 15 is 0 Å². The van der Waals surface area contributed by atoms with Crippen molar-refractivity contribution in [2.45, 2.75) is 18.9 Å². The predicted octanol–water partition coefficient (Wildman–Crippen LogP) is 2.85. The number of ether oxygens (including phenoxy) is 3. The van der Waals surface area contributed by atoms with Crippen molar-refractivity contribution in [1.29, 1.82) is 0 Å². The molecule has 1 aromatic rings. The van der Waals surface area contributed by atoms with Crippen LogP contribution >= 0.6 is 0 Å². The molecule has 2 rings (SSSR count). The van der Waals surface area contributed by atoms with Gasteiger partial charge in [0, 0.05) is 6.42 Å². The minimum atomic E-state index is -4.41. The summed E-state index contributed by atoms with van der Waals surface area (Å²) in [5.41, 5.74) is -0.766. The second-order valence-electron chi connectivity index (χ2n) is 3.80. The molecule has 1 aliphatic rings. The van der Waals surface area contributed by atoms with Crippen LogP contribution in [0.25, 0.3) is 0 Å². The first-order valence-corrected chi connectivity index (χ1v) is 5.59. The van der Waals surface area contributed by atoms with Gasteiger partial charge >= 0.3 is 6.18 Å². The number of hydrogen-bond donors (Lipinski definition) is 0. The average molecular weight is 262 g/mol. The van der Waals surface area contributed by atoms with E-state index in [9.17, 15) is 13.2 Å². The molecule has 0 unspecified atom stereocenters. The number of hydrogen-bond acceptors (Lipinski definition) is 3. The van der Waals surface area contributed by atoms with Crippen molar-refractivity contribution in [3.63, 3.8) is 0 Å². The van der Waals surface area contributed by atoms with Crippen LogP contribution in [0.5, 0.6) is 5.75 Å². The molecule has 18 heavy (non-hydrogen) atoms. The van der Waals surface area contributed by atoms with E-state index in [1.54, 1.807) is 0 Å². The largest absolute Gasteiger partial charge is 0.493 e. The second kappa shape index (κ2) is 5.58. The molecular formula is C12H13F3O3. The van der Waals surface area contributed by atoms with Gasteiger partial charge in [-0.05, 0) is 12.1 Å². The maximum absolute atomic E-state index is 12.6. The Balaban J connectivity index is 1.92. The molecule has 0 N–H and O–H groups in total. The number of alkyl halides is 3. The Morgan fingerprint density at radius 3 is 2.50 bits per heavy atom. The first-order chi connectivity index (χ1) is 8.57. The van der Waals surface area contributed by atoms with Crippen molar-refractivity contribution in [3.05, 3.63) is 29.8 Å². The first kappa shape index (κ1) is 13.2. The van der Waals surface area contributed by atoms with Crippen LogP contribution in [0.4, 0.5) is 13.2 Å². The van der Waals surface area contributed by atoms with Gasteiger partial charge in [-0.3, -0.25) is 0 Å². The Kier molecular flexibility index (Phi) is 4.08. The fraction of sp³-hybridized carbons (Fsp3) is 0.500. The Labute approximate surface area is 102 Å². The Morgan fingerprint density at radius 1 is 1.17 bits per heavy atom. The van der Waals surface area contributed by atoms with Crippen LogP contribution < -0.4 is 4.74 Å². The molecule has 1 saturated heterocycles. The summed E-state index contributed by atoms with van der Waals surface area (Å²) in [6.45, 7) is 1.16. The summed E-state index contributed by atoms with van der Waals surface area (Å²) >= 11 is 0. The molecule has 6 heteroatoms. The summed E-state index contributed by atoms with van der Waals surface area (Å²) < 4.78 is 53.4. The second-order valence-corrected chi connectivity index (χ2v) is 3.80. The quantitative estimate of drug-likeness (QED) is 0.835. The molecule has 0 aromatic heterocycles. The summed E-state index contributed by atoms with van der Waals surface area (Å²) in [5, 5.41) is 0. The molecule has 1 fully saturated rings. The van der Waals surface area contributed by atoms with Crippen LogP contribution in [0, 0.1) is 0 Å². The van der Waals surface area contributed by atoms with Gasteiger partial charge in [0.2, 0.25) is 0 Å². The van der Waals surface area contributed by atoms with E-state index in [-0.39, 0.29) is 18.6 Å². The van der Waals surface area contributed by atoms with Crippen LogP contribution in [0.3, 0.4) is 0 Å². The van der Waals surface area contributed by atoms with Crippen LogP contribution in [0.1, 0.15) is 12.0 Å². The third kappa shape index (κ3) is 3.36. The van der Waals surface area contributed by atoms with E-state index < -0.39 is 11.7 Å². The summed E-state index contributed by atoms with van der Waals surface area (Å²) in [6.07, 6.45) is -4.37. The van der Waals surface area contributed by atoms with Crippen molar-refractivity contribution in [2.75, 3.05) is 19.8 Å². The molecule has 0 aliphatic carbocycles. The third-order valence-electron chi connectivity index (χ3n) is 2.49. The summed E-state index contributed by atoms with van der Waals surface area (Å²) in [7, 11) is 0. The van der Waals surface area contributed by atoms with Gasteiger partial charge in [0.15, 0.2) is 6.29 Å². The summed E-state index contributed by atoms with van der Waals surface area (Å²) in [6, 6.07) is 5.14. The van der Waals surface area contributed by atoms with Crippen molar-refractivity contribution >= 4 is 0 Å². The van der Waals surface area contributed by atoms with Gasteiger partial charge in [-0.1, -0.05) is 12.1 Å². The molecule has 0 amide bonds. The highest BCUT2D eigenvalue weighted by molar-refractivity contribution is 5.35. The van der Waals surface area contributed by atoms with Crippen molar-refractivity contribution in [3.8, 4) is 5.75 Å². The molecular weight excluding hydrogens is 249 g/mol. The van der Waals surface area contributed by atoms with Gasteiger partial charge in [0.25, 0.3) is 0 Å². The SMILES string of the molecule is FC(F)(F)c1ccccc1OCCC1OCCO1. The summed E-state index contributed by atoms with van der Waals surface area (Å²) in [5.74, 6) is -0.164. The van der Waals surface area contributed by atoms with E-state index in [0.717, 1.165) is 6.07 Å². The van der Waals surface area contributed by atoms with Crippen LogP contribution in [-0.2, 0) is 15.7 Å². The molecule has 0 radical (unpaired) electrons. The zero-order valence-electron chi connectivity index (χ0n) is 9.57. The maximum Gasteiger partial charge on any atom is 0.419 e. The third-order valence-corrected chi connectivity index (χ3v) is 2.49. The highest BCUT2D eigenvalue weighted by Crippen LogP contribution is 2.35. The standard InChI is InChI=1S/C12H13F3O3/c13-12(14,15)9-3-1-2-4-10(9)16-6-5-11-17-7-8-18-11/h1-4,11H,5-8H2. The van der Waals surface area contributed by atoms with Gasteiger partial charge in [0.05, 0.1) is 25.4 Å². The molecule has 1 aromatic carbocycles. The zero-order valence-corrected chi connectivity index (χ0v) is 9.57. The molecule has 0 bridgehead atoms. The van der Waals surface area contributed by atoms with Gasteiger partial charge < -0.3 is 14.2 Å². The lowest BCUT2D eigenvalue weighted by Gasteiger charge is -2.14. The van der Waals surface area contributed by atoms with Crippen molar-refractivity contribution < 1.29 is 27.4 Å². The van der Waals surface area contributed by atoms with Crippen molar-refractivity contribution in [2.24, 2.45) is 0 Å². The van der Waals surface area contributed by atoms with Gasteiger partial charge in [-0.15, -0.1) is 0 Å². The molecule has 0 atom stereocenters. The number of rotatable bonds is 4. The number of halogens is 3. The smallest absolute Gasteiger partial charge is 0.419 e. The minimum Gasteiger partial charge on any atom is -0.493 e. The maximum atomic E-state index is 12.6. The average Bonchev–Trinajstić information content (AvgIpc) is 2.81. The highest BCUT2D eigenvalue weighted by atomic mass is 19.4. The van der Waals surface area contributed by atoms with Gasteiger partial charge in [-0.25, -0.2) is 0 Å². The summed E-state index contributed by atoms with van der Waals surface area (Å²) in [4.78, 5) is 0. The van der Waals surface area contributed by atoms with Gasteiger partial charge in [0.1, 0.15) is 5.75 Å². The molecule has 1 aliphatic heterocycles. The monoisotopic (exact) mass is 262 g/mol. The Hall–Kier alpha value is -1.27. The highest BCUT2D eigenvalue weighted by Gasteiger charge is 2.34. The Morgan fingerprint density at radius 2 is 1.83 bits per heavy atom. The first-order valence-electron chi connectivity index (χ1n) is 5.59. The van der Waals surface area contributed by atoms with E-state index in [1.807, 2.05) is 0 Å². The predicted molar refractivity (Wildman–Crippen MR) is 57.2 cm³/mol. The van der Waals surface area contributed by atoms with Crippen LogP contribution in [0.15, 0.2) is 24.3 Å². The fourth-order valence-electron chi connectivity index (χ4n) is 1.67. The topological polar surface area (TPSA) is 27.7 Å². The van der Waals surface area contributed by atoms with Crippen LogP contribution in [-0.4, -0.2) is 26.1 Å². The Bertz CT molecular complexity index is 386. The lowest BCUT2D eigenvalue weighted by Crippen LogP contribution is -2.14. The number of benzene rings is 1. The van der Waals surface area contributed by atoms with Gasteiger partial charge in [-0.2, -0.15) is 13.2 Å². The molecule has 0 saturated carbocycles. The molecule has 100 valence electrons. The zero-order chi connectivity index (χ0) is 13.0. The van der Waals surface area contributed by atoms with E-state index in [2.05, 4.69) is 0 Å². The molecule has 1 heterocycles. The van der Waals surface area contributed by atoms with E-state index in [1.165, 1.54) is 18.2 Å². The van der Waals surface area contributed by atoms with E-state index in [4.69, 9.17) is 14.2 Å². The normalized spacial score (nSPS) is 17.1. The lowest BCUT2D eigenvalue weighted by atomic mass is 10.2.